The lowest BCUT2D eigenvalue weighted by Gasteiger charge is -2.29. The lowest BCUT2D eigenvalue weighted by molar-refractivity contribution is 0.0228. The van der Waals surface area contributed by atoms with Crippen molar-refractivity contribution in [2.75, 3.05) is 13.1 Å². The van der Waals surface area contributed by atoms with Crippen LogP contribution in [0.3, 0.4) is 0 Å². The number of imidazole rings is 1. The second-order valence-corrected chi connectivity index (χ2v) is 5.91. The minimum Gasteiger partial charge on any atom is -0.317 e. The Hall–Kier alpha value is -1.14. The summed E-state index contributed by atoms with van der Waals surface area (Å²) in [5.74, 6) is -0.561. The molecule has 0 spiro atoms. The van der Waals surface area contributed by atoms with Crippen molar-refractivity contribution in [3.05, 3.63) is 30.7 Å². The molecule has 0 saturated carbocycles. The van der Waals surface area contributed by atoms with E-state index < -0.39 is 11.2 Å². The average Bonchev–Trinajstić information content (AvgIpc) is 2.89. The van der Waals surface area contributed by atoms with Crippen molar-refractivity contribution in [1.29, 1.82) is 0 Å². The van der Waals surface area contributed by atoms with Crippen LogP contribution in [0, 0.1) is 5.92 Å². The highest BCUT2D eigenvalue weighted by atomic mass is 32.2. The molecule has 0 aromatic carbocycles. The zero-order valence-electron chi connectivity index (χ0n) is 10.4. The molecule has 1 aliphatic heterocycles. The number of thioether (sulfide) groups is 1. The van der Waals surface area contributed by atoms with Gasteiger partial charge in [0.05, 0.1) is 4.90 Å². The van der Waals surface area contributed by atoms with E-state index in [9.17, 15) is 8.78 Å². The van der Waals surface area contributed by atoms with E-state index in [1.807, 2.05) is 6.20 Å². The predicted molar refractivity (Wildman–Crippen MR) is 71.6 cm³/mol. The third-order valence-corrected chi connectivity index (χ3v) is 4.59. The summed E-state index contributed by atoms with van der Waals surface area (Å²) < 4.78 is 30.4. The van der Waals surface area contributed by atoms with Gasteiger partial charge in [-0.2, -0.15) is 8.78 Å². The second kappa shape index (κ2) is 5.09. The van der Waals surface area contributed by atoms with E-state index in [4.69, 9.17) is 0 Å². The van der Waals surface area contributed by atoms with E-state index in [2.05, 4.69) is 10.3 Å². The molecule has 1 fully saturated rings. The Morgan fingerprint density at radius 3 is 2.89 bits per heavy atom. The molecule has 0 aliphatic carbocycles. The van der Waals surface area contributed by atoms with Gasteiger partial charge < -0.3 is 9.72 Å². The largest absolute Gasteiger partial charge is 0.317 e. The third kappa shape index (κ3) is 2.60. The predicted octanol–water partition coefficient (Wildman–Crippen LogP) is 3.02. The zero-order chi connectivity index (χ0) is 13.3. The first-order chi connectivity index (χ1) is 9.17. The number of alkyl halides is 2. The number of halogens is 2. The molecule has 6 heteroatoms. The number of nitrogens with one attached hydrogen (secondary N) is 1. The summed E-state index contributed by atoms with van der Waals surface area (Å²) in [6, 6.07) is 3.48. The Bertz CT molecular complexity index is 564. The van der Waals surface area contributed by atoms with Gasteiger partial charge in [-0.1, -0.05) is 0 Å². The van der Waals surface area contributed by atoms with Crippen LogP contribution >= 0.6 is 11.8 Å². The fraction of sp³-hybridized carbons (Fsp3) is 0.462. The zero-order valence-corrected chi connectivity index (χ0v) is 11.2. The number of nitrogens with zero attached hydrogens (tertiary/aromatic N) is 2. The summed E-state index contributed by atoms with van der Waals surface area (Å²) in [5.41, 5.74) is 0.598. The van der Waals surface area contributed by atoms with Crippen LogP contribution in [0.1, 0.15) is 12.8 Å². The molecule has 0 atom stereocenters. The normalized spacial score (nSPS) is 18.0. The summed E-state index contributed by atoms with van der Waals surface area (Å²) in [4.78, 5) is 4.68. The Morgan fingerprint density at radius 1 is 1.32 bits per heavy atom. The topological polar surface area (TPSA) is 29.3 Å². The van der Waals surface area contributed by atoms with Gasteiger partial charge in [0.15, 0.2) is 5.65 Å². The van der Waals surface area contributed by atoms with Gasteiger partial charge in [-0.05, 0) is 49.8 Å². The maximum Gasteiger partial charge on any atom is 0.301 e. The van der Waals surface area contributed by atoms with Gasteiger partial charge in [0.2, 0.25) is 0 Å². The van der Waals surface area contributed by atoms with Crippen LogP contribution < -0.4 is 5.32 Å². The van der Waals surface area contributed by atoms with Crippen molar-refractivity contribution in [3.63, 3.8) is 0 Å². The fourth-order valence-electron chi connectivity index (χ4n) is 2.39. The number of pyridine rings is 1. The van der Waals surface area contributed by atoms with Gasteiger partial charge >= 0.3 is 5.25 Å². The van der Waals surface area contributed by atoms with Crippen LogP contribution in [0.15, 0.2) is 35.6 Å². The minimum absolute atomic E-state index is 0.525. The van der Waals surface area contributed by atoms with Crippen LogP contribution in [0.25, 0.3) is 5.65 Å². The second-order valence-electron chi connectivity index (χ2n) is 4.72. The van der Waals surface area contributed by atoms with Gasteiger partial charge in [-0.3, -0.25) is 0 Å². The first kappa shape index (κ1) is 12.9. The van der Waals surface area contributed by atoms with Crippen molar-refractivity contribution < 1.29 is 8.78 Å². The van der Waals surface area contributed by atoms with Crippen LogP contribution in [0.5, 0.6) is 0 Å². The van der Waals surface area contributed by atoms with Gasteiger partial charge in [0.25, 0.3) is 0 Å². The highest BCUT2D eigenvalue weighted by molar-refractivity contribution is 8.00. The summed E-state index contributed by atoms with van der Waals surface area (Å²) in [7, 11) is 0. The quantitative estimate of drug-likeness (QED) is 0.878. The molecule has 2 aromatic rings. The standard InChI is InChI=1S/C13H15F2N3S/c14-13(15,10-3-5-16-6-4-10)19-11-2-1-8-18-9-7-17-12(11)18/h1-2,7-10,16H,3-6H2. The molecule has 102 valence electrons. The van der Waals surface area contributed by atoms with Crippen LogP contribution in [0.2, 0.25) is 0 Å². The monoisotopic (exact) mass is 283 g/mol. The van der Waals surface area contributed by atoms with Crippen LogP contribution in [0.4, 0.5) is 8.78 Å². The molecule has 1 saturated heterocycles. The van der Waals surface area contributed by atoms with Gasteiger partial charge in [0, 0.05) is 24.5 Å². The first-order valence-corrected chi connectivity index (χ1v) is 7.18. The van der Waals surface area contributed by atoms with E-state index in [1.165, 1.54) is 0 Å². The molecule has 1 aliphatic rings. The molecule has 1 N–H and O–H groups in total. The SMILES string of the molecule is FC(F)(Sc1cccn2ccnc12)C1CCNCC1. The van der Waals surface area contributed by atoms with Crippen molar-refractivity contribution in [1.82, 2.24) is 14.7 Å². The number of piperidine rings is 1. The van der Waals surface area contributed by atoms with Crippen molar-refractivity contribution in [2.45, 2.75) is 23.0 Å². The lowest BCUT2D eigenvalue weighted by atomic mass is 9.99. The number of aromatic nitrogens is 2. The number of fused-ring (bicyclic) bond motifs is 1. The Labute approximate surface area is 114 Å². The summed E-state index contributed by atoms with van der Waals surface area (Å²) in [6.07, 6.45) is 6.26. The van der Waals surface area contributed by atoms with Crippen molar-refractivity contribution in [3.8, 4) is 0 Å². The number of rotatable bonds is 3. The Balaban J connectivity index is 1.84. The molecule has 0 bridgehead atoms. The molecule has 3 rings (SSSR count). The molecular weight excluding hydrogens is 268 g/mol. The fourth-order valence-corrected chi connectivity index (χ4v) is 3.48. The smallest absolute Gasteiger partial charge is 0.301 e. The molecule has 0 unspecified atom stereocenters. The molecule has 0 amide bonds. The lowest BCUT2D eigenvalue weighted by Crippen LogP contribution is -2.36. The summed E-state index contributed by atoms with van der Waals surface area (Å²) in [5, 5.41) is 0.377. The van der Waals surface area contributed by atoms with Gasteiger partial charge in [-0.25, -0.2) is 4.98 Å². The van der Waals surface area contributed by atoms with E-state index in [-0.39, 0.29) is 0 Å². The van der Waals surface area contributed by atoms with E-state index >= 15 is 0 Å². The number of hydrogen-bond acceptors (Lipinski definition) is 3. The maximum atomic E-state index is 14.3. The van der Waals surface area contributed by atoms with E-state index in [0.717, 1.165) is 0 Å². The molecule has 2 aromatic heterocycles. The van der Waals surface area contributed by atoms with Gasteiger partial charge in [-0.15, -0.1) is 0 Å². The summed E-state index contributed by atoms with van der Waals surface area (Å²) in [6.45, 7) is 1.35. The van der Waals surface area contributed by atoms with E-state index in [1.54, 1.807) is 28.9 Å². The molecule has 19 heavy (non-hydrogen) atoms. The van der Waals surface area contributed by atoms with E-state index in [0.29, 0.717) is 48.2 Å². The average molecular weight is 283 g/mol. The van der Waals surface area contributed by atoms with Crippen molar-refractivity contribution >= 4 is 17.4 Å². The van der Waals surface area contributed by atoms with Crippen LogP contribution in [-0.2, 0) is 0 Å². The minimum atomic E-state index is -2.74. The molecule has 3 nitrogen and oxygen atoms in total. The number of hydrogen-bond donors (Lipinski definition) is 1. The molecule has 0 radical (unpaired) electrons. The third-order valence-electron chi connectivity index (χ3n) is 3.44. The Morgan fingerprint density at radius 2 is 2.11 bits per heavy atom. The van der Waals surface area contributed by atoms with Gasteiger partial charge in [0.1, 0.15) is 0 Å². The summed E-state index contributed by atoms with van der Waals surface area (Å²) >= 11 is 0.642. The first-order valence-electron chi connectivity index (χ1n) is 6.36. The highest BCUT2D eigenvalue weighted by Gasteiger charge is 2.41. The van der Waals surface area contributed by atoms with Crippen LogP contribution in [-0.4, -0.2) is 27.7 Å². The Kier molecular flexibility index (Phi) is 3.45. The maximum absolute atomic E-state index is 14.3. The molecular formula is C13H15F2N3S. The highest BCUT2D eigenvalue weighted by Crippen LogP contribution is 2.45. The molecule has 3 heterocycles. The van der Waals surface area contributed by atoms with Crippen molar-refractivity contribution in [2.24, 2.45) is 5.92 Å².